The van der Waals surface area contributed by atoms with E-state index in [-0.39, 0.29) is 11.7 Å². The number of halogens is 1. The van der Waals surface area contributed by atoms with Gasteiger partial charge in [-0.25, -0.2) is 0 Å². The van der Waals surface area contributed by atoms with Gasteiger partial charge in [-0.2, -0.15) is 0 Å². The van der Waals surface area contributed by atoms with Crippen LogP contribution in [0.2, 0.25) is 0 Å². The van der Waals surface area contributed by atoms with Crippen LogP contribution in [0, 0.1) is 0 Å². The molecule has 0 radical (unpaired) electrons. The highest BCUT2D eigenvalue weighted by Gasteiger charge is 2.15. The summed E-state index contributed by atoms with van der Waals surface area (Å²) in [6, 6.07) is 7.91. The van der Waals surface area contributed by atoms with Crippen LogP contribution in [0.5, 0.6) is 5.75 Å². The average Bonchev–Trinajstić information content (AvgIpc) is 2.93. The molecule has 0 bridgehead atoms. The number of rotatable bonds is 4. The second-order valence-corrected chi connectivity index (χ2v) is 4.83. The summed E-state index contributed by atoms with van der Waals surface area (Å²) in [4.78, 5) is 23.6. The number of furan rings is 1. The van der Waals surface area contributed by atoms with Crippen molar-refractivity contribution in [1.29, 1.82) is 0 Å². The number of nitrogens with one attached hydrogen (secondary N) is 2. The Kier molecular flexibility index (Phi) is 4.64. The quantitative estimate of drug-likeness (QED) is 0.886. The standard InChI is InChI=1S/C14H13BrN2O4/c1-16-13(18)8-3-4-9(11(7-8)20-2)17-14(19)10-5-6-12(15)21-10/h3-7H,1-2H3,(H,16,18)(H,17,19). The van der Waals surface area contributed by atoms with Gasteiger partial charge >= 0.3 is 0 Å². The molecule has 6 nitrogen and oxygen atoms in total. The third-order valence-corrected chi connectivity index (χ3v) is 3.16. The van der Waals surface area contributed by atoms with Gasteiger partial charge in [-0.15, -0.1) is 0 Å². The predicted octanol–water partition coefficient (Wildman–Crippen LogP) is 2.66. The molecule has 1 aromatic carbocycles. The third-order valence-electron chi connectivity index (χ3n) is 2.74. The fourth-order valence-corrected chi connectivity index (χ4v) is 2.01. The molecule has 0 aliphatic carbocycles. The summed E-state index contributed by atoms with van der Waals surface area (Å²) in [5.41, 5.74) is 0.885. The van der Waals surface area contributed by atoms with E-state index >= 15 is 0 Å². The SMILES string of the molecule is CNC(=O)c1ccc(NC(=O)c2ccc(Br)o2)c(OC)c1. The lowest BCUT2D eigenvalue weighted by atomic mass is 10.1. The first-order chi connectivity index (χ1) is 10.0. The van der Waals surface area contributed by atoms with E-state index in [1.165, 1.54) is 7.11 Å². The number of hydrogen-bond donors (Lipinski definition) is 2. The van der Waals surface area contributed by atoms with Gasteiger partial charge in [0, 0.05) is 12.6 Å². The fraction of sp³-hybridized carbons (Fsp3) is 0.143. The lowest BCUT2D eigenvalue weighted by Gasteiger charge is -2.10. The fourth-order valence-electron chi connectivity index (χ4n) is 1.70. The van der Waals surface area contributed by atoms with E-state index in [0.29, 0.717) is 21.7 Å². The Balaban J connectivity index is 2.23. The topological polar surface area (TPSA) is 80.6 Å². The highest BCUT2D eigenvalue weighted by atomic mass is 79.9. The van der Waals surface area contributed by atoms with Crippen LogP contribution in [0.3, 0.4) is 0 Å². The van der Waals surface area contributed by atoms with Crippen LogP contribution >= 0.6 is 15.9 Å². The van der Waals surface area contributed by atoms with Crippen molar-refractivity contribution in [1.82, 2.24) is 5.32 Å². The van der Waals surface area contributed by atoms with E-state index < -0.39 is 5.91 Å². The summed E-state index contributed by atoms with van der Waals surface area (Å²) in [6.45, 7) is 0. The zero-order valence-electron chi connectivity index (χ0n) is 11.4. The predicted molar refractivity (Wildman–Crippen MR) is 80.7 cm³/mol. The van der Waals surface area contributed by atoms with Crippen LogP contribution in [-0.2, 0) is 0 Å². The van der Waals surface area contributed by atoms with Crippen molar-refractivity contribution in [3.8, 4) is 5.75 Å². The summed E-state index contributed by atoms with van der Waals surface area (Å²) < 4.78 is 10.8. The average molecular weight is 353 g/mol. The Morgan fingerprint density at radius 1 is 1.19 bits per heavy atom. The molecule has 1 aromatic heterocycles. The first-order valence-electron chi connectivity index (χ1n) is 6.02. The largest absolute Gasteiger partial charge is 0.495 e. The maximum atomic E-state index is 12.0. The van der Waals surface area contributed by atoms with E-state index in [1.807, 2.05) is 0 Å². The Morgan fingerprint density at radius 2 is 1.95 bits per heavy atom. The molecule has 0 aliphatic rings. The van der Waals surface area contributed by atoms with E-state index in [1.54, 1.807) is 37.4 Å². The molecule has 0 aliphatic heterocycles. The first-order valence-corrected chi connectivity index (χ1v) is 6.81. The van der Waals surface area contributed by atoms with Crippen molar-refractivity contribution in [2.24, 2.45) is 0 Å². The molecule has 110 valence electrons. The highest BCUT2D eigenvalue weighted by molar-refractivity contribution is 9.10. The Morgan fingerprint density at radius 3 is 2.52 bits per heavy atom. The van der Waals surface area contributed by atoms with Gasteiger partial charge in [-0.1, -0.05) is 0 Å². The Labute approximate surface area is 129 Å². The highest BCUT2D eigenvalue weighted by Crippen LogP contribution is 2.26. The molecule has 0 saturated heterocycles. The van der Waals surface area contributed by atoms with E-state index in [4.69, 9.17) is 9.15 Å². The van der Waals surface area contributed by atoms with Crippen molar-refractivity contribution < 1.29 is 18.7 Å². The van der Waals surface area contributed by atoms with E-state index in [0.717, 1.165) is 0 Å². The number of benzene rings is 1. The second kappa shape index (κ2) is 6.45. The van der Waals surface area contributed by atoms with Crippen molar-refractivity contribution in [3.63, 3.8) is 0 Å². The molecule has 0 saturated carbocycles. The monoisotopic (exact) mass is 352 g/mol. The lowest BCUT2D eigenvalue weighted by Crippen LogP contribution is -2.18. The van der Waals surface area contributed by atoms with Crippen LogP contribution in [0.1, 0.15) is 20.9 Å². The summed E-state index contributed by atoms with van der Waals surface area (Å²) in [7, 11) is 3.00. The Bertz CT molecular complexity index is 681. The summed E-state index contributed by atoms with van der Waals surface area (Å²) in [5, 5.41) is 5.18. The van der Waals surface area contributed by atoms with Gasteiger partial charge in [0.25, 0.3) is 11.8 Å². The molecule has 2 amide bonds. The third kappa shape index (κ3) is 3.43. The number of carbonyl (C=O) groups is 2. The number of carbonyl (C=O) groups excluding carboxylic acids is 2. The van der Waals surface area contributed by atoms with Gasteiger partial charge < -0.3 is 19.8 Å². The van der Waals surface area contributed by atoms with E-state index in [2.05, 4.69) is 26.6 Å². The van der Waals surface area contributed by atoms with Gasteiger partial charge in [0.05, 0.1) is 12.8 Å². The molecule has 7 heteroatoms. The van der Waals surface area contributed by atoms with Gasteiger partial charge in [0.15, 0.2) is 10.4 Å². The van der Waals surface area contributed by atoms with E-state index in [9.17, 15) is 9.59 Å². The zero-order valence-corrected chi connectivity index (χ0v) is 13.0. The molecular weight excluding hydrogens is 340 g/mol. The first kappa shape index (κ1) is 15.1. The summed E-state index contributed by atoms with van der Waals surface area (Å²) in [5.74, 6) is -0.0952. The molecule has 0 spiro atoms. The number of hydrogen-bond acceptors (Lipinski definition) is 4. The Hall–Kier alpha value is -2.28. The minimum absolute atomic E-state index is 0.166. The van der Waals surface area contributed by atoms with Crippen LogP contribution in [0.15, 0.2) is 39.4 Å². The van der Waals surface area contributed by atoms with Crippen LogP contribution in [-0.4, -0.2) is 26.0 Å². The van der Waals surface area contributed by atoms with Crippen molar-refractivity contribution in [2.45, 2.75) is 0 Å². The molecule has 0 unspecified atom stereocenters. The maximum absolute atomic E-state index is 12.0. The maximum Gasteiger partial charge on any atom is 0.291 e. The van der Waals surface area contributed by atoms with Gasteiger partial charge in [-0.3, -0.25) is 9.59 Å². The normalized spacial score (nSPS) is 10.0. The smallest absolute Gasteiger partial charge is 0.291 e. The van der Waals surface area contributed by atoms with Gasteiger partial charge in [0.2, 0.25) is 0 Å². The molecule has 1 heterocycles. The number of anilines is 1. The molecule has 2 N–H and O–H groups in total. The molecule has 21 heavy (non-hydrogen) atoms. The number of amides is 2. The van der Waals surface area contributed by atoms with Crippen LogP contribution in [0.4, 0.5) is 5.69 Å². The van der Waals surface area contributed by atoms with Crippen LogP contribution < -0.4 is 15.4 Å². The number of ether oxygens (including phenoxy) is 1. The molecular formula is C14H13BrN2O4. The molecule has 0 fully saturated rings. The summed E-state index contributed by atoms with van der Waals surface area (Å²) in [6.07, 6.45) is 0. The van der Waals surface area contributed by atoms with Crippen molar-refractivity contribution >= 4 is 33.4 Å². The molecule has 2 rings (SSSR count). The van der Waals surface area contributed by atoms with Crippen molar-refractivity contribution in [2.75, 3.05) is 19.5 Å². The molecule has 0 atom stereocenters. The summed E-state index contributed by atoms with van der Waals surface area (Å²) >= 11 is 3.13. The van der Waals surface area contributed by atoms with Crippen molar-refractivity contribution in [3.05, 3.63) is 46.3 Å². The van der Waals surface area contributed by atoms with Gasteiger partial charge in [-0.05, 0) is 46.3 Å². The lowest BCUT2D eigenvalue weighted by molar-refractivity contribution is 0.0961. The minimum Gasteiger partial charge on any atom is -0.495 e. The molecule has 2 aromatic rings. The second-order valence-electron chi connectivity index (χ2n) is 4.05. The minimum atomic E-state index is -0.410. The van der Waals surface area contributed by atoms with Gasteiger partial charge in [0.1, 0.15) is 5.75 Å². The zero-order chi connectivity index (χ0) is 15.4. The number of methoxy groups -OCH3 is 1. The van der Waals surface area contributed by atoms with Crippen LogP contribution in [0.25, 0.3) is 0 Å².